The summed E-state index contributed by atoms with van der Waals surface area (Å²) in [5.74, 6) is -1.31. The number of anilines is 1. The fourth-order valence-corrected chi connectivity index (χ4v) is 5.46. The van der Waals surface area contributed by atoms with Gasteiger partial charge in [0.2, 0.25) is 10.0 Å². The lowest BCUT2D eigenvalue weighted by molar-refractivity contribution is -0.119. The van der Waals surface area contributed by atoms with Gasteiger partial charge in [0.25, 0.3) is 5.91 Å². The zero-order valence-electron chi connectivity index (χ0n) is 16.5. The monoisotopic (exact) mass is 460 g/mol. The van der Waals surface area contributed by atoms with E-state index in [1.165, 1.54) is 28.6 Å². The first-order valence-corrected chi connectivity index (χ1v) is 11.9. The van der Waals surface area contributed by atoms with Crippen molar-refractivity contribution in [2.75, 3.05) is 25.0 Å². The van der Waals surface area contributed by atoms with Crippen LogP contribution in [-0.2, 0) is 19.6 Å². The van der Waals surface area contributed by atoms with Gasteiger partial charge < -0.3 is 10.1 Å². The van der Waals surface area contributed by atoms with Crippen LogP contribution < -0.4 is 5.32 Å². The summed E-state index contributed by atoms with van der Waals surface area (Å²) in [5, 5.41) is 2.64. The lowest BCUT2D eigenvalue weighted by Crippen LogP contribution is -2.35. The van der Waals surface area contributed by atoms with Crippen LogP contribution in [-0.4, -0.2) is 53.0 Å². The van der Waals surface area contributed by atoms with Crippen molar-refractivity contribution in [2.24, 2.45) is 0 Å². The molecule has 1 aliphatic heterocycles. The van der Waals surface area contributed by atoms with Crippen molar-refractivity contribution in [3.05, 3.63) is 48.0 Å². The Balaban J connectivity index is 1.40. The predicted molar refractivity (Wildman–Crippen MR) is 115 cm³/mol. The first-order chi connectivity index (χ1) is 14.9. The molecular formula is C20H20N4O5S2. The molecule has 0 bridgehead atoms. The Hall–Kier alpha value is -2.89. The van der Waals surface area contributed by atoms with E-state index in [1.807, 2.05) is 0 Å². The van der Waals surface area contributed by atoms with Gasteiger partial charge in [-0.15, -0.1) is 0 Å². The first-order valence-electron chi connectivity index (χ1n) is 9.73. The number of benzene rings is 2. The number of fused-ring (bicyclic) bond motifs is 1. The third kappa shape index (κ3) is 4.73. The number of rotatable bonds is 6. The van der Waals surface area contributed by atoms with Crippen LogP contribution in [0.15, 0.2) is 47.4 Å². The summed E-state index contributed by atoms with van der Waals surface area (Å²) in [4.78, 5) is 24.6. The maximum absolute atomic E-state index is 12.8. The molecule has 162 valence electrons. The second kappa shape index (κ2) is 9.08. The molecule has 2 heterocycles. The van der Waals surface area contributed by atoms with Gasteiger partial charge in [-0.05, 0) is 43.2 Å². The molecule has 0 atom stereocenters. The highest BCUT2D eigenvalue weighted by Crippen LogP contribution is 2.22. The normalized spacial score (nSPS) is 15.0. The van der Waals surface area contributed by atoms with Gasteiger partial charge in [0.05, 0.1) is 27.9 Å². The van der Waals surface area contributed by atoms with Crippen LogP contribution in [0.5, 0.6) is 0 Å². The molecule has 0 radical (unpaired) electrons. The van der Waals surface area contributed by atoms with E-state index < -0.39 is 28.5 Å². The van der Waals surface area contributed by atoms with E-state index >= 15 is 0 Å². The lowest BCUT2D eigenvalue weighted by atomic mass is 10.2. The van der Waals surface area contributed by atoms with E-state index in [9.17, 15) is 18.0 Å². The van der Waals surface area contributed by atoms with E-state index in [-0.39, 0.29) is 10.5 Å². The number of aromatic nitrogens is 2. The molecule has 0 unspecified atom stereocenters. The number of ether oxygens (including phenoxy) is 1. The second-order valence-electron chi connectivity index (χ2n) is 7.05. The Morgan fingerprint density at radius 3 is 2.65 bits per heavy atom. The van der Waals surface area contributed by atoms with Gasteiger partial charge in [-0.1, -0.05) is 18.6 Å². The molecule has 3 aromatic rings. The summed E-state index contributed by atoms with van der Waals surface area (Å²) in [5.41, 5.74) is 1.76. The number of carbonyl (C=O) groups is 2. The molecule has 0 spiro atoms. The number of nitrogens with zero attached hydrogens (tertiary/aromatic N) is 3. The van der Waals surface area contributed by atoms with Crippen LogP contribution >= 0.6 is 11.7 Å². The third-order valence-electron chi connectivity index (χ3n) is 4.92. The zero-order valence-corrected chi connectivity index (χ0v) is 18.1. The van der Waals surface area contributed by atoms with E-state index in [1.54, 1.807) is 18.2 Å². The molecule has 11 heteroatoms. The molecule has 1 aromatic heterocycles. The summed E-state index contributed by atoms with van der Waals surface area (Å²) in [6.45, 7) is 0.423. The predicted octanol–water partition coefficient (Wildman–Crippen LogP) is 2.66. The topological polar surface area (TPSA) is 119 Å². The van der Waals surface area contributed by atoms with E-state index in [0.29, 0.717) is 29.8 Å². The van der Waals surface area contributed by atoms with Crippen LogP contribution in [0.1, 0.15) is 29.6 Å². The summed E-state index contributed by atoms with van der Waals surface area (Å²) in [6, 6.07) is 10.9. The molecular weight excluding hydrogens is 440 g/mol. The molecule has 0 aliphatic carbocycles. The summed E-state index contributed by atoms with van der Waals surface area (Å²) < 4.78 is 40.4. The Morgan fingerprint density at radius 2 is 1.84 bits per heavy atom. The molecule has 1 amide bonds. The lowest BCUT2D eigenvalue weighted by Gasteiger charge is -2.25. The Bertz CT molecular complexity index is 1220. The summed E-state index contributed by atoms with van der Waals surface area (Å²) in [6.07, 6.45) is 2.65. The average Bonchev–Trinajstić information content (AvgIpc) is 3.28. The standard InChI is InChI=1S/C20H20N4O5S2/c25-18(21-16-8-5-9-17-19(16)23-30-22-17)13-29-20(26)14-6-4-7-15(12-14)31(27,28)24-10-2-1-3-11-24/h4-9,12H,1-3,10-11,13H2,(H,21,25). The number of esters is 1. The maximum Gasteiger partial charge on any atom is 0.338 e. The number of piperidine rings is 1. The maximum atomic E-state index is 12.8. The van der Waals surface area contributed by atoms with Crippen LogP contribution in [0.25, 0.3) is 11.0 Å². The van der Waals surface area contributed by atoms with Crippen LogP contribution in [0.4, 0.5) is 5.69 Å². The van der Waals surface area contributed by atoms with Crippen molar-refractivity contribution in [1.29, 1.82) is 0 Å². The van der Waals surface area contributed by atoms with Crippen molar-refractivity contribution in [3.8, 4) is 0 Å². The molecule has 1 aliphatic rings. The van der Waals surface area contributed by atoms with Gasteiger partial charge in [-0.2, -0.15) is 13.1 Å². The minimum atomic E-state index is -3.67. The van der Waals surface area contributed by atoms with Crippen molar-refractivity contribution < 1.29 is 22.7 Å². The van der Waals surface area contributed by atoms with Crippen LogP contribution in [0.3, 0.4) is 0 Å². The van der Waals surface area contributed by atoms with Gasteiger partial charge in [0.1, 0.15) is 11.0 Å². The van der Waals surface area contributed by atoms with Gasteiger partial charge in [0.15, 0.2) is 6.61 Å². The smallest absolute Gasteiger partial charge is 0.338 e. The minimum absolute atomic E-state index is 0.0380. The van der Waals surface area contributed by atoms with Crippen molar-refractivity contribution >= 4 is 50.3 Å². The molecule has 1 saturated heterocycles. The second-order valence-corrected chi connectivity index (χ2v) is 9.52. The number of hydrogen-bond acceptors (Lipinski definition) is 8. The Morgan fingerprint density at radius 1 is 1.06 bits per heavy atom. The first kappa shape index (κ1) is 21.3. The van der Waals surface area contributed by atoms with Crippen molar-refractivity contribution in [1.82, 2.24) is 13.1 Å². The fraction of sp³-hybridized carbons (Fsp3) is 0.300. The van der Waals surface area contributed by atoms with Gasteiger partial charge in [-0.3, -0.25) is 4.79 Å². The quantitative estimate of drug-likeness (QED) is 0.562. The Labute approximate surface area is 183 Å². The number of nitrogens with one attached hydrogen (secondary N) is 1. The SMILES string of the molecule is O=C(COC(=O)c1cccc(S(=O)(=O)N2CCCCC2)c1)Nc1cccc2nsnc12. The molecule has 1 N–H and O–H groups in total. The zero-order chi connectivity index (χ0) is 21.8. The van der Waals surface area contributed by atoms with Crippen LogP contribution in [0, 0.1) is 0 Å². The summed E-state index contributed by atoms with van der Waals surface area (Å²) >= 11 is 1.03. The van der Waals surface area contributed by atoms with Crippen molar-refractivity contribution in [3.63, 3.8) is 0 Å². The van der Waals surface area contributed by atoms with E-state index in [2.05, 4.69) is 14.1 Å². The highest BCUT2D eigenvalue weighted by Gasteiger charge is 2.26. The molecule has 31 heavy (non-hydrogen) atoms. The number of carbonyl (C=O) groups excluding carboxylic acids is 2. The number of amides is 1. The van der Waals surface area contributed by atoms with Gasteiger partial charge in [-0.25, -0.2) is 13.2 Å². The average molecular weight is 461 g/mol. The van der Waals surface area contributed by atoms with Gasteiger partial charge in [0, 0.05) is 13.1 Å². The number of hydrogen-bond donors (Lipinski definition) is 1. The molecule has 4 rings (SSSR count). The van der Waals surface area contributed by atoms with Crippen molar-refractivity contribution in [2.45, 2.75) is 24.2 Å². The molecule has 0 saturated carbocycles. The van der Waals surface area contributed by atoms with Crippen LogP contribution in [0.2, 0.25) is 0 Å². The van der Waals surface area contributed by atoms with E-state index in [4.69, 9.17) is 4.74 Å². The highest BCUT2D eigenvalue weighted by molar-refractivity contribution is 7.89. The minimum Gasteiger partial charge on any atom is -0.452 e. The molecule has 2 aromatic carbocycles. The van der Waals surface area contributed by atoms with Gasteiger partial charge >= 0.3 is 5.97 Å². The fourth-order valence-electron chi connectivity index (χ4n) is 3.35. The largest absolute Gasteiger partial charge is 0.452 e. The summed E-state index contributed by atoms with van der Waals surface area (Å²) in [7, 11) is -3.67. The number of sulfonamides is 1. The third-order valence-corrected chi connectivity index (χ3v) is 7.35. The molecule has 9 nitrogen and oxygen atoms in total. The highest BCUT2D eigenvalue weighted by atomic mass is 32.2. The molecule has 1 fully saturated rings. The Kier molecular flexibility index (Phi) is 6.25. The van der Waals surface area contributed by atoms with E-state index in [0.717, 1.165) is 31.0 Å².